The third-order valence-electron chi connectivity index (χ3n) is 6.34. The molecule has 0 aliphatic heterocycles. The molecule has 1 atom stereocenters. The van der Waals surface area contributed by atoms with Crippen LogP contribution >= 0.6 is 0 Å². The van der Waals surface area contributed by atoms with Gasteiger partial charge in [0.05, 0.1) is 5.69 Å². The molecule has 0 saturated carbocycles. The van der Waals surface area contributed by atoms with Crippen molar-refractivity contribution >= 4 is 27.7 Å². The smallest absolute Gasteiger partial charge is 0.304 e. The second kappa shape index (κ2) is 13.3. The van der Waals surface area contributed by atoms with E-state index in [4.69, 9.17) is 0 Å². The zero-order chi connectivity index (χ0) is 30.4. The molecule has 0 aliphatic rings. The molecule has 3 aromatic carbocycles. The number of amides is 2. The molecule has 41 heavy (non-hydrogen) atoms. The summed E-state index contributed by atoms with van der Waals surface area (Å²) in [6, 6.07) is 20.9. The molecule has 3 aromatic rings. The summed E-state index contributed by atoms with van der Waals surface area (Å²) >= 11 is 0. The van der Waals surface area contributed by atoms with Crippen LogP contribution in [-0.4, -0.2) is 61.7 Å². The Balaban J connectivity index is 2.11. The lowest BCUT2D eigenvalue weighted by Gasteiger charge is -2.35. The first kappa shape index (κ1) is 31.8. The summed E-state index contributed by atoms with van der Waals surface area (Å²) in [7, 11) is -1.44. The Morgan fingerprint density at radius 1 is 0.902 bits per heavy atom. The number of carbonyl (C=O) groups is 2. The van der Waals surface area contributed by atoms with Gasteiger partial charge in [-0.3, -0.25) is 9.59 Å². The largest absolute Gasteiger partial charge is 0.350 e. The zero-order valence-electron chi connectivity index (χ0n) is 24.5. The SMILES string of the molecule is Cc1cccc(CN(C(=O)CN(c2ccc(F)cc2)S(=O)(=O)N(C)C)[C@H](Cc2ccccc2)C(=O)NC(C)(C)C)c1. The maximum absolute atomic E-state index is 14.2. The average Bonchev–Trinajstić information content (AvgIpc) is 2.89. The average molecular weight is 583 g/mol. The molecule has 0 aliphatic carbocycles. The summed E-state index contributed by atoms with van der Waals surface area (Å²) in [6.07, 6.45) is 0.220. The van der Waals surface area contributed by atoms with E-state index in [1.54, 1.807) is 0 Å². The van der Waals surface area contributed by atoms with E-state index >= 15 is 0 Å². The van der Waals surface area contributed by atoms with E-state index in [0.29, 0.717) is 0 Å². The molecule has 0 fully saturated rings. The molecule has 8 nitrogen and oxygen atoms in total. The second-order valence-corrected chi connectivity index (χ2v) is 13.3. The highest BCUT2D eigenvalue weighted by Gasteiger charge is 2.35. The van der Waals surface area contributed by atoms with Crippen LogP contribution in [0.3, 0.4) is 0 Å². The van der Waals surface area contributed by atoms with Crippen molar-refractivity contribution in [3.63, 3.8) is 0 Å². The van der Waals surface area contributed by atoms with Gasteiger partial charge in [0.2, 0.25) is 11.8 Å². The summed E-state index contributed by atoms with van der Waals surface area (Å²) in [5.74, 6) is -1.47. The molecule has 0 aromatic heterocycles. The van der Waals surface area contributed by atoms with Gasteiger partial charge in [-0.1, -0.05) is 60.2 Å². The highest BCUT2D eigenvalue weighted by atomic mass is 32.2. The van der Waals surface area contributed by atoms with Gasteiger partial charge >= 0.3 is 10.2 Å². The van der Waals surface area contributed by atoms with Crippen LogP contribution in [0.5, 0.6) is 0 Å². The normalized spacial score (nSPS) is 12.6. The summed E-state index contributed by atoms with van der Waals surface area (Å²) in [6.45, 7) is 7.00. The monoisotopic (exact) mass is 582 g/mol. The first-order valence-corrected chi connectivity index (χ1v) is 14.7. The fourth-order valence-corrected chi connectivity index (χ4v) is 5.39. The number of carbonyl (C=O) groups excluding carboxylic acids is 2. The molecule has 10 heteroatoms. The molecule has 3 rings (SSSR count). The highest BCUT2D eigenvalue weighted by Crippen LogP contribution is 2.22. The molecule has 0 bridgehead atoms. The molecule has 0 spiro atoms. The van der Waals surface area contributed by atoms with Crippen LogP contribution in [0.4, 0.5) is 10.1 Å². The molecule has 1 N–H and O–H groups in total. The quantitative estimate of drug-likeness (QED) is 0.365. The standard InChI is InChI=1S/C31H39FN4O4S/c1-23-11-10-14-25(19-23)21-35(28(30(38)33-31(2,3)4)20-24-12-8-7-9-13-24)29(37)22-36(41(39,40)34(5)6)27-17-15-26(32)16-18-27/h7-19,28H,20-22H2,1-6H3,(H,33,38)/t28-/m1/s1. The van der Waals surface area contributed by atoms with Gasteiger partial charge in [0, 0.05) is 32.6 Å². The first-order valence-electron chi connectivity index (χ1n) is 13.3. The van der Waals surface area contributed by atoms with E-state index in [-0.39, 0.29) is 24.6 Å². The van der Waals surface area contributed by atoms with Crippen LogP contribution < -0.4 is 9.62 Å². The molecule has 0 saturated heterocycles. The number of nitrogens with one attached hydrogen (secondary N) is 1. The molecule has 0 radical (unpaired) electrons. The number of hydrogen-bond acceptors (Lipinski definition) is 4. The lowest BCUT2D eigenvalue weighted by atomic mass is 10.0. The molecular formula is C31H39FN4O4S. The van der Waals surface area contributed by atoms with E-state index in [2.05, 4.69) is 5.32 Å². The number of rotatable bonds is 11. The van der Waals surface area contributed by atoms with Gasteiger partial charge in [-0.15, -0.1) is 0 Å². The van der Waals surface area contributed by atoms with Crippen molar-refractivity contribution in [2.75, 3.05) is 24.9 Å². The minimum atomic E-state index is -4.15. The van der Waals surface area contributed by atoms with E-state index in [1.165, 1.54) is 31.1 Å². The van der Waals surface area contributed by atoms with Crippen LogP contribution in [0, 0.1) is 12.7 Å². The molecule has 220 valence electrons. The van der Waals surface area contributed by atoms with Crippen molar-refractivity contribution < 1.29 is 22.4 Å². The van der Waals surface area contributed by atoms with Crippen LogP contribution in [0.1, 0.15) is 37.5 Å². The number of anilines is 1. The highest BCUT2D eigenvalue weighted by molar-refractivity contribution is 7.90. The van der Waals surface area contributed by atoms with Crippen LogP contribution in [0.25, 0.3) is 0 Å². The Hall–Kier alpha value is -3.76. The predicted molar refractivity (Wildman–Crippen MR) is 160 cm³/mol. The summed E-state index contributed by atoms with van der Waals surface area (Å²) in [5.41, 5.74) is 2.18. The maximum Gasteiger partial charge on any atom is 0.304 e. The first-order chi connectivity index (χ1) is 19.2. The van der Waals surface area contributed by atoms with Gasteiger partial charge < -0.3 is 10.2 Å². The minimum absolute atomic E-state index is 0.0782. The van der Waals surface area contributed by atoms with E-state index in [9.17, 15) is 22.4 Å². The number of benzene rings is 3. The Morgan fingerprint density at radius 2 is 1.51 bits per heavy atom. The number of halogens is 1. The topological polar surface area (TPSA) is 90.0 Å². The number of hydrogen-bond donors (Lipinski definition) is 1. The van der Waals surface area contributed by atoms with Crippen LogP contribution in [0.2, 0.25) is 0 Å². The lowest BCUT2D eigenvalue weighted by molar-refractivity contribution is -0.140. The third-order valence-corrected chi connectivity index (χ3v) is 8.16. The zero-order valence-corrected chi connectivity index (χ0v) is 25.3. The van der Waals surface area contributed by atoms with Gasteiger partial charge in [-0.05, 0) is 63.1 Å². The van der Waals surface area contributed by atoms with Crippen molar-refractivity contribution in [1.29, 1.82) is 0 Å². The Kier molecular flexibility index (Phi) is 10.3. The second-order valence-electron chi connectivity index (χ2n) is 11.2. The minimum Gasteiger partial charge on any atom is -0.350 e. The lowest BCUT2D eigenvalue weighted by Crippen LogP contribution is -2.56. The van der Waals surface area contributed by atoms with Crippen molar-refractivity contribution in [3.8, 4) is 0 Å². The molecule has 0 unspecified atom stereocenters. The number of nitrogens with zero attached hydrogens (tertiary/aromatic N) is 3. The molecule has 2 amide bonds. The van der Waals surface area contributed by atoms with Crippen molar-refractivity contribution in [2.24, 2.45) is 0 Å². The van der Waals surface area contributed by atoms with Gasteiger partial charge in [-0.25, -0.2) is 8.70 Å². The Labute approximate surface area is 243 Å². The molecular weight excluding hydrogens is 543 g/mol. The predicted octanol–water partition coefficient (Wildman–Crippen LogP) is 4.30. The van der Waals surface area contributed by atoms with Gasteiger partial charge in [-0.2, -0.15) is 12.7 Å². The van der Waals surface area contributed by atoms with Crippen molar-refractivity contribution in [1.82, 2.24) is 14.5 Å². The fraction of sp³-hybridized carbons (Fsp3) is 0.355. The maximum atomic E-state index is 14.2. The summed E-state index contributed by atoms with van der Waals surface area (Å²) in [5, 5.41) is 3.00. The van der Waals surface area contributed by atoms with Gasteiger partial charge in [0.25, 0.3) is 0 Å². The van der Waals surface area contributed by atoms with E-state index in [1.807, 2.05) is 82.3 Å². The Morgan fingerprint density at radius 3 is 2.07 bits per heavy atom. The third kappa shape index (κ3) is 8.86. The van der Waals surface area contributed by atoms with Crippen molar-refractivity contribution in [2.45, 2.75) is 52.2 Å². The summed E-state index contributed by atoms with van der Waals surface area (Å²) in [4.78, 5) is 29.4. The van der Waals surface area contributed by atoms with E-state index in [0.717, 1.165) is 37.4 Å². The molecule has 0 heterocycles. The van der Waals surface area contributed by atoms with Crippen molar-refractivity contribution in [3.05, 3.63) is 101 Å². The fourth-order valence-electron chi connectivity index (χ4n) is 4.34. The summed E-state index contributed by atoms with van der Waals surface area (Å²) < 4.78 is 42.4. The van der Waals surface area contributed by atoms with Gasteiger partial charge in [0.1, 0.15) is 18.4 Å². The number of aryl methyl sites for hydroxylation is 1. The van der Waals surface area contributed by atoms with Gasteiger partial charge in [0.15, 0.2) is 0 Å². The van der Waals surface area contributed by atoms with Crippen LogP contribution in [-0.2, 0) is 32.8 Å². The van der Waals surface area contributed by atoms with Crippen LogP contribution in [0.15, 0.2) is 78.9 Å². The van der Waals surface area contributed by atoms with E-state index < -0.39 is 40.1 Å². The Bertz CT molecular complexity index is 1440.